The van der Waals surface area contributed by atoms with E-state index in [1.54, 1.807) is 0 Å². The van der Waals surface area contributed by atoms with Crippen molar-refractivity contribution >= 4 is 0 Å². The second-order valence-corrected chi connectivity index (χ2v) is 10.7. The van der Waals surface area contributed by atoms with Gasteiger partial charge in [-0.3, -0.25) is 4.90 Å². The Kier molecular flexibility index (Phi) is 2.73. The smallest absolute Gasteiger partial charge is 0.0814 e. The zero-order chi connectivity index (χ0) is 17.4. The van der Waals surface area contributed by atoms with Crippen LogP contribution >= 0.6 is 0 Å². The van der Waals surface area contributed by atoms with E-state index in [4.69, 9.17) is 0 Å². The Labute approximate surface area is 151 Å². The van der Waals surface area contributed by atoms with E-state index >= 15 is 0 Å². The Morgan fingerprint density at radius 1 is 1.20 bits per heavy atom. The van der Waals surface area contributed by atoms with Crippen LogP contribution in [-0.2, 0) is 0 Å². The van der Waals surface area contributed by atoms with Crippen molar-refractivity contribution in [1.82, 2.24) is 4.90 Å². The molecular weight excluding hydrogens is 310 g/mol. The summed E-state index contributed by atoms with van der Waals surface area (Å²) in [5.74, 6) is 1.77. The molecule has 0 aromatic carbocycles. The van der Waals surface area contributed by atoms with Crippen molar-refractivity contribution < 1.29 is 10.2 Å². The van der Waals surface area contributed by atoms with Crippen LogP contribution in [0, 0.1) is 39.9 Å². The van der Waals surface area contributed by atoms with Crippen LogP contribution in [0.15, 0.2) is 12.2 Å². The van der Waals surface area contributed by atoms with E-state index in [9.17, 15) is 10.2 Å². The largest absolute Gasteiger partial charge is 0.392 e. The molecule has 6 saturated carbocycles. The molecule has 7 unspecified atom stereocenters. The molecule has 0 aromatic rings. The molecule has 7 bridgehead atoms. The molecule has 1 saturated heterocycles. The fourth-order valence-electron chi connectivity index (χ4n) is 10.1. The van der Waals surface area contributed by atoms with Gasteiger partial charge in [0, 0.05) is 29.8 Å². The van der Waals surface area contributed by atoms with Crippen molar-refractivity contribution in [3.05, 3.63) is 12.2 Å². The first kappa shape index (κ1) is 15.7. The molecular formula is C22H33NO2. The van der Waals surface area contributed by atoms with Crippen molar-refractivity contribution in [2.24, 2.45) is 39.9 Å². The maximum absolute atomic E-state index is 11.5. The number of fused-ring (bicyclic) bond motifs is 2. The van der Waals surface area contributed by atoms with Gasteiger partial charge < -0.3 is 10.2 Å². The van der Waals surface area contributed by atoms with Gasteiger partial charge in [0.25, 0.3) is 0 Å². The molecule has 138 valence electrons. The Bertz CT molecular complexity index is 662. The molecule has 3 nitrogen and oxygen atoms in total. The summed E-state index contributed by atoms with van der Waals surface area (Å²) in [6, 6.07) is 0.592. The minimum atomic E-state index is -0.377. The van der Waals surface area contributed by atoms with Crippen LogP contribution in [-0.4, -0.2) is 46.5 Å². The molecule has 1 heterocycles. The van der Waals surface area contributed by atoms with Crippen molar-refractivity contribution in [2.75, 3.05) is 13.1 Å². The highest BCUT2D eigenvalue weighted by Crippen LogP contribution is 2.83. The molecule has 1 aliphatic heterocycles. The van der Waals surface area contributed by atoms with Gasteiger partial charge in [-0.15, -0.1) is 0 Å². The topological polar surface area (TPSA) is 43.7 Å². The Morgan fingerprint density at radius 3 is 2.76 bits per heavy atom. The SMILES string of the molecule is C=C1C2CCC3(C1O)C1CC4[C@@]5(C)CCC[C@]4(C3C2O)[C@@H]1N(CC)C5. The third-order valence-corrected chi connectivity index (χ3v) is 10.5. The van der Waals surface area contributed by atoms with Gasteiger partial charge in [-0.1, -0.05) is 26.8 Å². The van der Waals surface area contributed by atoms with Crippen LogP contribution in [0.5, 0.6) is 0 Å². The van der Waals surface area contributed by atoms with E-state index in [0.717, 1.165) is 30.9 Å². The van der Waals surface area contributed by atoms with Crippen LogP contribution in [0.2, 0.25) is 0 Å². The molecule has 7 aliphatic rings. The van der Waals surface area contributed by atoms with Crippen molar-refractivity contribution in [1.29, 1.82) is 0 Å². The summed E-state index contributed by atoms with van der Waals surface area (Å²) in [6.45, 7) is 11.5. The van der Waals surface area contributed by atoms with E-state index < -0.39 is 0 Å². The summed E-state index contributed by atoms with van der Waals surface area (Å²) in [4.78, 5) is 2.77. The number of aliphatic hydroxyl groups is 2. The third kappa shape index (κ3) is 1.34. The molecule has 10 atom stereocenters. The fraction of sp³-hybridized carbons (Fsp3) is 0.909. The molecule has 0 aromatic heterocycles. The summed E-state index contributed by atoms with van der Waals surface area (Å²) < 4.78 is 0. The highest BCUT2D eigenvalue weighted by atomic mass is 16.3. The Morgan fingerprint density at radius 2 is 2.00 bits per heavy atom. The molecule has 7 fully saturated rings. The highest BCUT2D eigenvalue weighted by molar-refractivity contribution is 5.38. The summed E-state index contributed by atoms with van der Waals surface area (Å²) in [7, 11) is 0. The predicted octanol–water partition coefficient (Wildman–Crippen LogP) is 2.82. The molecule has 2 N–H and O–H groups in total. The van der Waals surface area contributed by atoms with Crippen molar-refractivity contribution in [2.45, 2.75) is 70.6 Å². The number of aliphatic hydroxyl groups excluding tert-OH is 2. The number of hydrogen-bond donors (Lipinski definition) is 2. The van der Waals surface area contributed by atoms with E-state index in [1.807, 2.05) is 0 Å². The monoisotopic (exact) mass is 343 g/mol. The lowest BCUT2D eigenvalue weighted by atomic mass is 9.39. The van der Waals surface area contributed by atoms with Crippen LogP contribution in [0.25, 0.3) is 0 Å². The molecule has 2 spiro atoms. The highest BCUT2D eigenvalue weighted by Gasteiger charge is 2.84. The minimum Gasteiger partial charge on any atom is -0.392 e. The first-order valence-electron chi connectivity index (χ1n) is 10.7. The molecule has 7 rings (SSSR count). The average Bonchev–Trinajstić information content (AvgIpc) is 2.99. The molecule has 25 heavy (non-hydrogen) atoms. The van der Waals surface area contributed by atoms with Gasteiger partial charge >= 0.3 is 0 Å². The summed E-state index contributed by atoms with van der Waals surface area (Å²) in [5.41, 5.74) is 1.54. The first-order valence-corrected chi connectivity index (χ1v) is 10.7. The van der Waals surface area contributed by atoms with Gasteiger partial charge in [0.05, 0.1) is 12.2 Å². The normalized spacial score (nSPS) is 64.6. The van der Waals surface area contributed by atoms with Crippen molar-refractivity contribution in [3.8, 4) is 0 Å². The van der Waals surface area contributed by atoms with Crippen LogP contribution in [0.3, 0.4) is 0 Å². The Hall–Kier alpha value is -0.380. The van der Waals surface area contributed by atoms with Crippen LogP contribution in [0.1, 0.15) is 52.4 Å². The van der Waals surface area contributed by atoms with Gasteiger partial charge in [-0.05, 0) is 66.9 Å². The maximum Gasteiger partial charge on any atom is 0.0814 e. The number of nitrogens with zero attached hydrogens (tertiary/aromatic N) is 1. The lowest BCUT2D eigenvalue weighted by Gasteiger charge is -2.68. The second-order valence-electron chi connectivity index (χ2n) is 10.7. The zero-order valence-corrected chi connectivity index (χ0v) is 15.7. The Balaban J connectivity index is 1.60. The first-order chi connectivity index (χ1) is 11.9. The van der Waals surface area contributed by atoms with E-state index in [0.29, 0.717) is 23.3 Å². The predicted molar refractivity (Wildman–Crippen MR) is 96.8 cm³/mol. The summed E-state index contributed by atoms with van der Waals surface area (Å²) in [6.07, 6.45) is 6.75. The van der Waals surface area contributed by atoms with Gasteiger partial charge in [-0.2, -0.15) is 0 Å². The second kappa shape index (κ2) is 4.36. The van der Waals surface area contributed by atoms with E-state index in [2.05, 4.69) is 25.3 Å². The zero-order valence-electron chi connectivity index (χ0n) is 15.7. The maximum atomic E-state index is 11.5. The number of hydrogen-bond acceptors (Lipinski definition) is 3. The van der Waals surface area contributed by atoms with E-state index in [-0.39, 0.29) is 29.0 Å². The van der Waals surface area contributed by atoms with Crippen LogP contribution < -0.4 is 0 Å². The minimum absolute atomic E-state index is 0.0809. The van der Waals surface area contributed by atoms with Gasteiger partial charge in [0.15, 0.2) is 0 Å². The standard InChI is InChI=1S/C22H33NO2/c1-4-23-11-20(3)7-5-8-22-15(20)10-14(18(22)23)21-9-6-13(12(2)19(21)25)16(24)17(21)22/h13-19,24-25H,2,4-11H2,1,3H3/t13?,14?,15?,16?,17?,18-,19?,20+,21?,22+/m1/s1. The molecule has 0 amide bonds. The third-order valence-electron chi connectivity index (χ3n) is 10.5. The molecule has 6 aliphatic carbocycles. The molecule has 0 radical (unpaired) electrons. The molecule has 3 heteroatoms. The number of likely N-dealkylation sites (tertiary alicyclic amines) is 1. The van der Waals surface area contributed by atoms with Crippen molar-refractivity contribution in [3.63, 3.8) is 0 Å². The fourth-order valence-corrected chi connectivity index (χ4v) is 10.1. The summed E-state index contributed by atoms with van der Waals surface area (Å²) in [5, 5.41) is 22.9. The van der Waals surface area contributed by atoms with E-state index in [1.165, 1.54) is 32.2 Å². The van der Waals surface area contributed by atoms with Crippen LogP contribution in [0.4, 0.5) is 0 Å². The average molecular weight is 344 g/mol. The lowest BCUT2D eigenvalue weighted by Crippen LogP contribution is -2.69. The number of piperidine rings is 1. The number of rotatable bonds is 1. The van der Waals surface area contributed by atoms with Gasteiger partial charge in [-0.25, -0.2) is 0 Å². The quantitative estimate of drug-likeness (QED) is 0.720. The van der Waals surface area contributed by atoms with Gasteiger partial charge in [0.1, 0.15) is 0 Å². The van der Waals surface area contributed by atoms with Gasteiger partial charge in [0.2, 0.25) is 0 Å². The lowest BCUT2D eigenvalue weighted by molar-refractivity contribution is -0.227. The summed E-state index contributed by atoms with van der Waals surface area (Å²) >= 11 is 0.